The Morgan fingerprint density at radius 3 is 2.38 bits per heavy atom. The van der Waals surface area contributed by atoms with Crippen molar-refractivity contribution in [2.45, 2.75) is 0 Å². The van der Waals surface area contributed by atoms with Crippen LogP contribution in [0.15, 0.2) is 30.3 Å². The molecule has 0 heterocycles. The number of hydrogen-bond acceptors (Lipinski definition) is 2. The highest BCUT2D eigenvalue weighted by Crippen LogP contribution is 2.05. The molecule has 0 aliphatic heterocycles. The van der Waals surface area contributed by atoms with Crippen LogP contribution in [0.3, 0.4) is 0 Å². The average Bonchev–Trinajstić information content (AvgIpc) is 2.17. The van der Waals surface area contributed by atoms with Crippen molar-refractivity contribution in [1.82, 2.24) is 4.42 Å². The summed E-state index contributed by atoms with van der Waals surface area (Å²) < 4.78 is 0.565. The zero-order chi connectivity index (χ0) is 9.84. The van der Waals surface area contributed by atoms with Crippen LogP contribution >= 0.6 is 11.8 Å². The lowest BCUT2D eigenvalue weighted by molar-refractivity contribution is 0.0913. The van der Waals surface area contributed by atoms with Gasteiger partial charge in [0.05, 0.1) is 0 Å². The van der Waals surface area contributed by atoms with E-state index in [0.717, 1.165) is 0 Å². The van der Waals surface area contributed by atoms with E-state index in [4.69, 9.17) is 22.9 Å². The van der Waals surface area contributed by atoms with Gasteiger partial charge in [-0.25, -0.2) is 0 Å². The molecular weight excluding hydrogens is 190 g/mol. The lowest BCUT2D eigenvalue weighted by atomic mass is 10.2. The first-order valence-electron chi connectivity index (χ1n) is 3.52. The summed E-state index contributed by atoms with van der Waals surface area (Å²) >= 11 is 5.43. The van der Waals surface area contributed by atoms with E-state index >= 15 is 0 Å². The predicted octanol–water partition coefficient (Wildman–Crippen LogP) is 1.18. The van der Waals surface area contributed by atoms with Gasteiger partial charge in [0.1, 0.15) is 0 Å². The molecule has 1 aromatic rings. The zero-order valence-corrected chi connectivity index (χ0v) is 7.45. The number of nitrogens with one attached hydrogen (secondary N) is 1. The van der Waals surface area contributed by atoms with E-state index in [9.17, 15) is 4.79 Å². The SMILES string of the molecule is N=C(N)N(Cl)C(=O)c1ccccc1. The quantitative estimate of drug-likeness (QED) is 0.403. The Morgan fingerprint density at radius 2 is 1.92 bits per heavy atom. The summed E-state index contributed by atoms with van der Waals surface area (Å²) in [5, 5.41) is 6.93. The maximum Gasteiger partial charge on any atom is 0.275 e. The minimum atomic E-state index is -0.505. The molecule has 13 heavy (non-hydrogen) atoms. The number of hydrogen-bond donors (Lipinski definition) is 2. The number of amides is 1. The van der Waals surface area contributed by atoms with E-state index in [2.05, 4.69) is 0 Å². The van der Waals surface area contributed by atoms with Crippen LogP contribution in [0.25, 0.3) is 0 Å². The van der Waals surface area contributed by atoms with Gasteiger partial charge in [-0.3, -0.25) is 10.2 Å². The van der Waals surface area contributed by atoms with Gasteiger partial charge < -0.3 is 5.73 Å². The molecule has 0 fully saturated rings. The molecule has 0 atom stereocenters. The van der Waals surface area contributed by atoms with E-state index in [-0.39, 0.29) is 0 Å². The van der Waals surface area contributed by atoms with Crippen molar-refractivity contribution in [3.63, 3.8) is 0 Å². The van der Waals surface area contributed by atoms with Crippen molar-refractivity contribution in [1.29, 1.82) is 5.41 Å². The third-order valence-corrected chi connectivity index (χ3v) is 1.75. The van der Waals surface area contributed by atoms with Crippen LogP contribution in [0.2, 0.25) is 0 Å². The standard InChI is InChI=1S/C8H8ClN3O/c9-12(8(10)11)7(13)6-4-2-1-3-5-6/h1-5H,(H3,10,11). The van der Waals surface area contributed by atoms with E-state index in [1.807, 2.05) is 0 Å². The Kier molecular flexibility index (Phi) is 2.87. The Balaban J connectivity index is 2.86. The number of rotatable bonds is 1. The second-order valence-corrected chi connectivity index (χ2v) is 2.68. The van der Waals surface area contributed by atoms with Crippen molar-refractivity contribution < 1.29 is 4.79 Å². The lowest BCUT2D eigenvalue weighted by Crippen LogP contribution is -2.33. The normalized spacial score (nSPS) is 9.31. The molecule has 4 nitrogen and oxygen atoms in total. The summed E-state index contributed by atoms with van der Waals surface area (Å²) in [7, 11) is 0. The topological polar surface area (TPSA) is 70.2 Å². The second kappa shape index (κ2) is 3.91. The number of carbonyl (C=O) groups is 1. The Hall–Kier alpha value is -1.55. The second-order valence-electron chi connectivity index (χ2n) is 2.34. The minimum absolute atomic E-state index is 0.396. The number of nitrogens with zero attached hydrogens (tertiary/aromatic N) is 1. The molecule has 5 heteroatoms. The third-order valence-electron chi connectivity index (χ3n) is 1.41. The third kappa shape index (κ3) is 2.19. The molecule has 0 bridgehead atoms. The van der Waals surface area contributed by atoms with Crippen molar-refractivity contribution in [2.24, 2.45) is 5.73 Å². The molecule has 3 N–H and O–H groups in total. The molecule has 68 valence electrons. The van der Waals surface area contributed by atoms with Crippen molar-refractivity contribution in [3.8, 4) is 0 Å². The zero-order valence-electron chi connectivity index (χ0n) is 6.70. The monoisotopic (exact) mass is 197 g/mol. The predicted molar refractivity (Wildman–Crippen MR) is 50.4 cm³/mol. The summed E-state index contributed by atoms with van der Waals surface area (Å²) in [4.78, 5) is 11.4. The summed E-state index contributed by atoms with van der Waals surface area (Å²) in [6.07, 6.45) is 0. The maximum absolute atomic E-state index is 11.4. The molecule has 0 saturated heterocycles. The maximum atomic E-state index is 11.4. The van der Waals surface area contributed by atoms with Crippen LogP contribution in [-0.4, -0.2) is 16.3 Å². The van der Waals surface area contributed by atoms with Crippen LogP contribution in [0.4, 0.5) is 0 Å². The summed E-state index contributed by atoms with van der Waals surface area (Å²) in [6.45, 7) is 0. The summed E-state index contributed by atoms with van der Waals surface area (Å²) in [5.74, 6) is -0.995. The smallest absolute Gasteiger partial charge is 0.275 e. The van der Waals surface area contributed by atoms with E-state index in [0.29, 0.717) is 9.98 Å². The van der Waals surface area contributed by atoms with Crippen LogP contribution in [0.1, 0.15) is 10.4 Å². The van der Waals surface area contributed by atoms with Crippen LogP contribution < -0.4 is 5.73 Å². The average molecular weight is 198 g/mol. The molecule has 0 spiro atoms. The fourth-order valence-electron chi connectivity index (χ4n) is 0.803. The molecule has 0 aliphatic rings. The molecule has 0 radical (unpaired) electrons. The molecule has 0 aromatic heterocycles. The van der Waals surface area contributed by atoms with E-state index < -0.39 is 11.9 Å². The fraction of sp³-hybridized carbons (Fsp3) is 0. The first-order chi connectivity index (χ1) is 6.13. The van der Waals surface area contributed by atoms with E-state index in [1.54, 1.807) is 30.3 Å². The van der Waals surface area contributed by atoms with Gasteiger partial charge in [0.25, 0.3) is 5.91 Å². The van der Waals surface area contributed by atoms with Gasteiger partial charge in [-0.15, -0.1) is 0 Å². The number of carbonyl (C=O) groups excluding carboxylic acids is 1. The summed E-state index contributed by atoms with van der Waals surface area (Å²) in [6, 6.07) is 8.39. The first-order valence-corrected chi connectivity index (χ1v) is 3.86. The Bertz CT molecular complexity index is 325. The van der Waals surface area contributed by atoms with Crippen LogP contribution in [0.5, 0.6) is 0 Å². The van der Waals surface area contributed by atoms with Crippen LogP contribution in [-0.2, 0) is 0 Å². The van der Waals surface area contributed by atoms with Gasteiger partial charge in [-0.05, 0) is 12.1 Å². The molecule has 1 amide bonds. The highest BCUT2D eigenvalue weighted by Gasteiger charge is 2.15. The molecule has 0 saturated carbocycles. The van der Waals surface area contributed by atoms with Gasteiger partial charge in [0.15, 0.2) is 0 Å². The van der Waals surface area contributed by atoms with Crippen molar-refractivity contribution in [2.75, 3.05) is 0 Å². The van der Waals surface area contributed by atoms with Gasteiger partial charge in [0.2, 0.25) is 5.96 Å². The lowest BCUT2D eigenvalue weighted by Gasteiger charge is -2.10. The number of guanidine groups is 1. The van der Waals surface area contributed by atoms with Gasteiger partial charge in [-0.2, -0.15) is 4.42 Å². The molecule has 1 aromatic carbocycles. The summed E-state index contributed by atoms with van der Waals surface area (Å²) in [5.41, 5.74) is 5.43. The highest BCUT2D eigenvalue weighted by atomic mass is 35.5. The Morgan fingerprint density at radius 1 is 1.38 bits per heavy atom. The number of nitrogens with two attached hydrogens (primary N) is 1. The van der Waals surface area contributed by atoms with Crippen LogP contribution in [0, 0.1) is 5.41 Å². The van der Waals surface area contributed by atoms with Gasteiger partial charge in [-0.1, -0.05) is 18.2 Å². The van der Waals surface area contributed by atoms with Gasteiger partial charge in [0, 0.05) is 17.3 Å². The highest BCUT2D eigenvalue weighted by molar-refractivity contribution is 6.32. The molecule has 0 aliphatic carbocycles. The van der Waals surface area contributed by atoms with E-state index in [1.165, 1.54) is 0 Å². The molecule has 0 unspecified atom stereocenters. The minimum Gasteiger partial charge on any atom is -0.369 e. The number of halogens is 1. The molecular formula is C8H8ClN3O. The van der Waals surface area contributed by atoms with Gasteiger partial charge >= 0.3 is 0 Å². The Labute approximate surface area is 80.5 Å². The molecule has 1 rings (SSSR count). The van der Waals surface area contributed by atoms with Crippen molar-refractivity contribution in [3.05, 3.63) is 35.9 Å². The first kappa shape index (κ1) is 9.54. The van der Waals surface area contributed by atoms with Crippen molar-refractivity contribution >= 4 is 23.6 Å². The number of benzene rings is 1. The fourth-order valence-corrected chi connectivity index (χ4v) is 0.901. The largest absolute Gasteiger partial charge is 0.369 e.